The van der Waals surface area contributed by atoms with Crippen molar-refractivity contribution in [1.82, 2.24) is 9.97 Å². The van der Waals surface area contributed by atoms with E-state index in [1.165, 1.54) is 30.2 Å². The van der Waals surface area contributed by atoms with Gasteiger partial charge >= 0.3 is 0 Å². The van der Waals surface area contributed by atoms with Crippen LogP contribution in [0.3, 0.4) is 0 Å². The third-order valence-corrected chi connectivity index (χ3v) is 6.55. The summed E-state index contributed by atoms with van der Waals surface area (Å²) in [6, 6.07) is 17.6. The molecule has 1 saturated carbocycles. The van der Waals surface area contributed by atoms with Crippen molar-refractivity contribution in [1.29, 1.82) is 0 Å². The summed E-state index contributed by atoms with van der Waals surface area (Å²) < 4.78 is 0. The maximum absolute atomic E-state index is 5.15. The predicted molar refractivity (Wildman–Crippen MR) is 117 cm³/mol. The third kappa shape index (κ3) is 2.97. The summed E-state index contributed by atoms with van der Waals surface area (Å²) in [6.45, 7) is 10.5. The van der Waals surface area contributed by atoms with Crippen LogP contribution in [-0.4, -0.2) is 22.6 Å². The third-order valence-electron chi connectivity index (χ3n) is 6.55. The zero-order chi connectivity index (χ0) is 19.5. The van der Waals surface area contributed by atoms with Crippen LogP contribution in [0, 0.1) is 17.8 Å². The number of fused-ring (bicyclic) bond motifs is 3. The van der Waals surface area contributed by atoms with Gasteiger partial charge < -0.3 is 4.90 Å². The average molecular weight is 372 g/mol. The van der Waals surface area contributed by atoms with Gasteiger partial charge in [0.2, 0.25) is 0 Å². The number of nitrogens with zero attached hydrogens (tertiary/aromatic N) is 3. The monoisotopic (exact) mass is 371 g/mol. The number of hydrogen-bond acceptors (Lipinski definition) is 3. The van der Waals surface area contributed by atoms with E-state index in [0.29, 0.717) is 16.9 Å². The van der Waals surface area contributed by atoms with Crippen LogP contribution >= 0.6 is 0 Å². The van der Waals surface area contributed by atoms with Crippen LogP contribution in [0.5, 0.6) is 0 Å². The molecule has 1 aliphatic carbocycles. The minimum Gasteiger partial charge on any atom is -0.352 e. The summed E-state index contributed by atoms with van der Waals surface area (Å²) in [7, 11) is 0. The van der Waals surface area contributed by atoms with E-state index in [0.717, 1.165) is 29.3 Å². The lowest BCUT2D eigenvalue weighted by atomic mass is 9.65. The number of aryl methyl sites for hydroxylation is 1. The van der Waals surface area contributed by atoms with Gasteiger partial charge in [-0.15, -0.1) is 0 Å². The summed E-state index contributed by atoms with van der Waals surface area (Å²) >= 11 is 0. The molecule has 0 radical (unpaired) electrons. The largest absolute Gasteiger partial charge is 0.352 e. The Morgan fingerprint density at radius 1 is 0.964 bits per heavy atom. The van der Waals surface area contributed by atoms with Crippen LogP contribution in [0.2, 0.25) is 0 Å². The first-order chi connectivity index (χ1) is 13.3. The average Bonchev–Trinajstić information content (AvgIpc) is 2.89. The lowest BCUT2D eigenvalue weighted by Crippen LogP contribution is -2.35. The van der Waals surface area contributed by atoms with Crippen molar-refractivity contribution in [2.24, 2.45) is 10.8 Å². The number of aromatic nitrogens is 2. The fourth-order valence-electron chi connectivity index (χ4n) is 5.90. The quantitative estimate of drug-likeness (QED) is 0.552. The molecule has 28 heavy (non-hydrogen) atoms. The molecule has 0 amide bonds. The van der Waals surface area contributed by atoms with Crippen molar-refractivity contribution < 1.29 is 0 Å². The van der Waals surface area contributed by atoms with Gasteiger partial charge in [-0.2, -0.15) is 0 Å². The number of benzene rings is 2. The molecule has 3 heteroatoms. The Balaban J connectivity index is 1.67. The number of rotatable bonds is 2. The van der Waals surface area contributed by atoms with Gasteiger partial charge in [-0.05, 0) is 55.2 Å². The summed E-state index contributed by atoms with van der Waals surface area (Å²) in [4.78, 5) is 12.7. The molecule has 2 fully saturated rings. The molecule has 1 saturated heterocycles. The van der Waals surface area contributed by atoms with E-state index in [-0.39, 0.29) is 0 Å². The Bertz CT molecular complexity index is 1050. The van der Waals surface area contributed by atoms with Crippen molar-refractivity contribution in [2.45, 2.75) is 53.0 Å². The van der Waals surface area contributed by atoms with Gasteiger partial charge in [0, 0.05) is 23.5 Å². The summed E-state index contributed by atoms with van der Waals surface area (Å²) in [5, 5.41) is 1.17. The van der Waals surface area contributed by atoms with Crippen molar-refractivity contribution in [3.05, 3.63) is 54.1 Å². The molecule has 1 aromatic heterocycles. The molecule has 3 aromatic rings. The van der Waals surface area contributed by atoms with Crippen molar-refractivity contribution in [3.8, 4) is 11.4 Å². The van der Waals surface area contributed by atoms with Crippen molar-refractivity contribution >= 4 is 16.7 Å². The molecule has 2 atom stereocenters. The first kappa shape index (κ1) is 17.7. The van der Waals surface area contributed by atoms with Gasteiger partial charge in [-0.25, -0.2) is 9.97 Å². The standard InChI is InChI=1S/C25H29N3/c1-17-8-7-9-18(12-17)22-26-21-11-6-5-10-20(21)23(27-22)28-16-25(4)14-19(28)13-24(2,3)15-25/h5-12,19H,13-16H2,1-4H3/t19-,25-/m0/s1. The molecule has 2 heterocycles. The molecule has 0 unspecified atom stereocenters. The second-order valence-electron chi connectivity index (χ2n) is 10.1. The minimum absolute atomic E-state index is 0.377. The van der Waals surface area contributed by atoms with E-state index in [9.17, 15) is 0 Å². The fraction of sp³-hybridized carbons (Fsp3) is 0.440. The van der Waals surface area contributed by atoms with Crippen LogP contribution in [0.25, 0.3) is 22.3 Å². The van der Waals surface area contributed by atoms with Gasteiger partial charge in [0.1, 0.15) is 5.82 Å². The second-order valence-corrected chi connectivity index (χ2v) is 10.1. The highest BCUT2D eigenvalue weighted by molar-refractivity contribution is 5.91. The Hall–Kier alpha value is -2.42. The van der Waals surface area contributed by atoms with Gasteiger partial charge in [0.05, 0.1) is 5.52 Å². The van der Waals surface area contributed by atoms with Crippen molar-refractivity contribution in [3.63, 3.8) is 0 Å². The summed E-state index contributed by atoms with van der Waals surface area (Å²) in [6.07, 6.45) is 3.80. The molecular formula is C25H29N3. The highest BCUT2D eigenvalue weighted by Crippen LogP contribution is 2.53. The zero-order valence-electron chi connectivity index (χ0n) is 17.4. The molecule has 0 N–H and O–H groups in total. The zero-order valence-corrected chi connectivity index (χ0v) is 17.4. The minimum atomic E-state index is 0.377. The normalized spacial score (nSPS) is 26.0. The smallest absolute Gasteiger partial charge is 0.162 e. The number of hydrogen-bond donors (Lipinski definition) is 0. The van der Waals surface area contributed by atoms with E-state index in [4.69, 9.17) is 9.97 Å². The van der Waals surface area contributed by atoms with Crippen LogP contribution in [0.15, 0.2) is 48.5 Å². The molecule has 1 aliphatic heterocycles. The Morgan fingerprint density at radius 3 is 2.61 bits per heavy atom. The summed E-state index contributed by atoms with van der Waals surface area (Å²) in [5.41, 5.74) is 4.15. The molecule has 2 aliphatic rings. The topological polar surface area (TPSA) is 29.0 Å². The lowest BCUT2D eigenvalue weighted by Gasteiger charge is -2.39. The van der Waals surface area contributed by atoms with Crippen LogP contribution in [0.1, 0.15) is 45.6 Å². The maximum Gasteiger partial charge on any atom is 0.162 e. The number of anilines is 1. The van der Waals surface area contributed by atoms with E-state index < -0.39 is 0 Å². The molecule has 0 spiro atoms. The van der Waals surface area contributed by atoms with Crippen LogP contribution < -0.4 is 4.90 Å². The van der Waals surface area contributed by atoms with E-state index in [1.807, 2.05) is 0 Å². The summed E-state index contributed by atoms with van der Waals surface area (Å²) in [5.74, 6) is 1.96. The van der Waals surface area contributed by atoms with Gasteiger partial charge in [0.25, 0.3) is 0 Å². The predicted octanol–water partition coefficient (Wildman–Crippen LogP) is 6.01. The first-order valence-corrected chi connectivity index (χ1v) is 10.4. The van der Waals surface area contributed by atoms with Gasteiger partial charge in [0.15, 0.2) is 5.82 Å². The number of para-hydroxylation sites is 1. The highest BCUT2D eigenvalue weighted by atomic mass is 15.3. The maximum atomic E-state index is 5.15. The van der Waals surface area contributed by atoms with Gasteiger partial charge in [-0.3, -0.25) is 0 Å². The van der Waals surface area contributed by atoms with E-state index >= 15 is 0 Å². The Labute approximate surface area is 167 Å². The molecule has 2 aromatic carbocycles. The molecule has 2 bridgehead atoms. The molecule has 5 rings (SSSR count). The molecule has 144 valence electrons. The van der Waals surface area contributed by atoms with Crippen LogP contribution in [-0.2, 0) is 0 Å². The van der Waals surface area contributed by atoms with Crippen LogP contribution in [0.4, 0.5) is 5.82 Å². The second kappa shape index (κ2) is 6.04. The first-order valence-electron chi connectivity index (χ1n) is 10.4. The fourth-order valence-corrected chi connectivity index (χ4v) is 5.90. The Kier molecular flexibility index (Phi) is 3.81. The van der Waals surface area contributed by atoms with E-state index in [1.54, 1.807) is 0 Å². The lowest BCUT2D eigenvalue weighted by molar-refractivity contribution is 0.136. The highest BCUT2D eigenvalue weighted by Gasteiger charge is 2.50. The SMILES string of the molecule is Cc1cccc(-c2nc(N3C[C@@]4(C)C[C@@H]3CC(C)(C)C4)c3ccccc3n2)c1. The molecule has 3 nitrogen and oxygen atoms in total. The molecular weight excluding hydrogens is 342 g/mol. The van der Waals surface area contributed by atoms with Crippen molar-refractivity contribution in [2.75, 3.05) is 11.4 Å². The van der Waals surface area contributed by atoms with E-state index in [2.05, 4.69) is 81.1 Å². The van der Waals surface area contributed by atoms with Gasteiger partial charge in [-0.1, -0.05) is 56.7 Å². The Morgan fingerprint density at radius 2 is 1.79 bits per heavy atom.